The van der Waals surface area contributed by atoms with E-state index in [0.29, 0.717) is 6.54 Å². The molecule has 2 rings (SSSR count). The summed E-state index contributed by atoms with van der Waals surface area (Å²) in [6.07, 6.45) is 5.57. The zero-order valence-electron chi connectivity index (χ0n) is 11.4. The van der Waals surface area contributed by atoms with Gasteiger partial charge in [0, 0.05) is 25.8 Å². The Bertz CT molecular complexity index is 427. The standard InChI is InChI=1S/C14H22N4O/c1-11(15)14(19)17-10-12-5-6-16-13(9-12)18-7-3-2-4-8-18/h5-6,9,11H,2-4,7-8,10,15H2,1H3,(H,17,19)/t11-/m1/s1. The third kappa shape index (κ3) is 3.92. The number of hydrogen-bond acceptors (Lipinski definition) is 4. The monoisotopic (exact) mass is 262 g/mol. The maximum atomic E-state index is 11.4. The minimum atomic E-state index is -0.469. The number of pyridine rings is 1. The number of piperidine rings is 1. The molecule has 1 amide bonds. The maximum absolute atomic E-state index is 11.4. The van der Waals surface area contributed by atoms with Crippen LogP contribution in [0.2, 0.25) is 0 Å². The lowest BCUT2D eigenvalue weighted by atomic mass is 10.1. The van der Waals surface area contributed by atoms with E-state index in [9.17, 15) is 4.79 Å². The number of rotatable bonds is 4. The fourth-order valence-corrected chi connectivity index (χ4v) is 2.22. The van der Waals surface area contributed by atoms with Crippen LogP contribution in [0.4, 0.5) is 5.82 Å². The van der Waals surface area contributed by atoms with E-state index in [1.165, 1.54) is 19.3 Å². The van der Waals surface area contributed by atoms with Gasteiger partial charge < -0.3 is 16.0 Å². The summed E-state index contributed by atoms with van der Waals surface area (Å²) >= 11 is 0. The van der Waals surface area contributed by atoms with Crippen molar-refractivity contribution in [1.29, 1.82) is 0 Å². The molecule has 0 saturated carbocycles. The molecule has 1 fully saturated rings. The summed E-state index contributed by atoms with van der Waals surface area (Å²) in [5.74, 6) is 0.878. The number of anilines is 1. The Labute approximate surface area is 114 Å². The average molecular weight is 262 g/mol. The lowest BCUT2D eigenvalue weighted by Gasteiger charge is -2.27. The van der Waals surface area contributed by atoms with Crippen LogP contribution in [-0.4, -0.2) is 30.0 Å². The minimum Gasteiger partial charge on any atom is -0.357 e. The maximum Gasteiger partial charge on any atom is 0.236 e. The van der Waals surface area contributed by atoms with E-state index >= 15 is 0 Å². The first-order valence-corrected chi connectivity index (χ1v) is 6.90. The Morgan fingerprint density at radius 3 is 2.89 bits per heavy atom. The molecule has 1 aromatic heterocycles. The second-order valence-electron chi connectivity index (χ2n) is 5.08. The van der Waals surface area contributed by atoms with Gasteiger partial charge in [-0.15, -0.1) is 0 Å². The number of nitrogens with two attached hydrogens (primary N) is 1. The van der Waals surface area contributed by atoms with Gasteiger partial charge in [0.15, 0.2) is 0 Å². The molecule has 3 N–H and O–H groups in total. The van der Waals surface area contributed by atoms with Crippen LogP contribution < -0.4 is 16.0 Å². The number of aromatic nitrogens is 1. The first-order valence-electron chi connectivity index (χ1n) is 6.90. The van der Waals surface area contributed by atoms with Crippen molar-refractivity contribution in [3.05, 3.63) is 23.9 Å². The summed E-state index contributed by atoms with van der Waals surface area (Å²) in [5, 5.41) is 2.82. The van der Waals surface area contributed by atoms with Gasteiger partial charge in [0.2, 0.25) is 5.91 Å². The summed E-state index contributed by atoms with van der Waals surface area (Å²) < 4.78 is 0. The van der Waals surface area contributed by atoms with Crippen LogP contribution in [0.1, 0.15) is 31.7 Å². The van der Waals surface area contributed by atoms with Crippen molar-refractivity contribution in [1.82, 2.24) is 10.3 Å². The molecule has 0 aliphatic carbocycles. The molecule has 1 saturated heterocycles. The summed E-state index contributed by atoms with van der Waals surface area (Å²) in [6, 6.07) is 3.50. The second-order valence-corrected chi connectivity index (χ2v) is 5.08. The molecule has 0 spiro atoms. The number of carbonyl (C=O) groups is 1. The van der Waals surface area contributed by atoms with Crippen LogP contribution in [0.3, 0.4) is 0 Å². The Kier molecular flexibility index (Phi) is 4.74. The summed E-state index contributed by atoms with van der Waals surface area (Å²) in [7, 11) is 0. The highest BCUT2D eigenvalue weighted by atomic mass is 16.2. The van der Waals surface area contributed by atoms with Crippen molar-refractivity contribution in [3.63, 3.8) is 0 Å². The summed E-state index contributed by atoms with van der Waals surface area (Å²) in [4.78, 5) is 18.2. The fourth-order valence-electron chi connectivity index (χ4n) is 2.22. The first kappa shape index (κ1) is 13.8. The number of nitrogens with one attached hydrogen (secondary N) is 1. The molecular formula is C14H22N4O. The normalized spacial score (nSPS) is 17.1. The molecular weight excluding hydrogens is 240 g/mol. The van der Waals surface area contributed by atoms with E-state index in [-0.39, 0.29) is 5.91 Å². The number of carbonyl (C=O) groups excluding carboxylic acids is 1. The Hall–Kier alpha value is -1.62. The molecule has 0 aromatic carbocycles. The van der Waals surface area contributed by atoms with Gasteiger partial charge in [-0.25, -0.2) is 4.98 Å². The molecule has 2 heterocycles. The lowest BCUT2D eigenvalue weighted by molar-refractivity contribution is -0.122. The highest BCUT2D eigenvalue weighted by Gasteiger charge is 2.12. The van der Waals surface area contributed by atoms with Gasteiger partial charge >= 0.3 is 0 Å². The zero-order valence-corrected chi connectivity index (χ0v) is 11.4. The fraction of sp³-hybridized carbons (Fsp3) is 0.571. The van der Waals surface area contributed by atoms with E-state index < -0.39 is 6.04 Å². The molecule has 1 aliphatic heterocycles. The zero-order chi connectivity index (χ0) is 13.7. The Morgan fingerprint density at radius 2 is 2.21 bits per heavy atom. The van der Waals surface area contributed by atoms with Crippen molar-refractivity contribution < 1.29 is 4.79 Å². The molecule has 19 heavy (non-hydrogen) atoms. The number of amides is 1. The van der Waals surface area contributed by atoms with Crippen LogP contribution in [-0.2, 0) is 11.3 Å². The van der Waals surface area contributed by atoms with Gasteiger partial charge in [-0.2, -0.15) is 0 Å². The third-order valence-corrected chi connectivity index (χ3v) is 3.37. The lowest BCUT2D eigenvalue weighted by Crippen LogP contribution is -2.37. The van der Waals surface area contributed by atoms with E-state index in [1.807, 2.05) is 12.1 Å². The highest BCUT2D eigenvalue weighted by molar-refractivity contribution is 5.80. The molecule has 5 heteroatoms. The summed E-state index contributed by atoms with van der Waals surface area (Å²) in [6.45, 7) is 4.33. The third-order valence-electron chi connectivity index (χ3n) is 3.37. The van der Waals surface area contributed by atoms with Crippen molar-refractivity contribution in [2.24, 2.45) is 5.73 Å². The van der Waals surface area contributed by atoms with Crippen LogP contribution >= 0.6 is 0 Å². The van der Waals surface area contributed by atoms with Crippen LogP contribution in [0.15, 0.2) is 18.3 Å². The molecule has 5 nitrogen and oxygen atoms in total. The van der Waals surface area contributed by atoms with Gasteiger partial charge in [0.1, 0.15) is 5.82 Å². The van der Waals surface area contributed by atoms with E-state index in [2.05, 4.69) is 15.2 Å². The quantitative estimate of drug-likeness (QED) is 0.850. The molecule has 0 bridgehead atoms. The van der Waals surface area contributed by atoms with Crippen molar-refractivity contribution in [3.8, 4) is 0 Å². The van der Waals surface area contributed by atoms with Crippen molar-refractivity contribution in [2.45, 2.75) is 38.8 Å². The predicted molar refractivity (Wildman–Crippen MR) is 75.8 cm³/mol. The van der Waals surface area contributed by atoms with Gasteiger partial charge in [-0.1, -0.05) is 0 Å². The number of nitrogens with zero attached hydrogens (tertiary/aromatic N) is 2. The SMILES string of the molecule is C[C@@H](N)C(=O)NCc1ccnc(N2CCCCC2)c1. The van der Waals surface area contributed by atoms with E-state index in [0.717, 1.165) is 24.5 Å². The van der Waals surface area contributed by atoms with Gasteiger partial charge in [-0.3, -0.25) is 4.79 Å². The summed E-state index contributed by atoms with van der Waals surface area (Å²) in [5.41, 5.74) is 6.57. The van der Waals surface area contributed by atoms with Gasteiger partial charge in [0.25, 0.3) is 0 Å². The van der Waals surface area contributed by atoms with E-state index in [1.54, 1.807) is 13.1 Å². The van der Waals surface area contributed by atoms with Gasteiger partial charge in [0.05, 0.1) is 6.04 Å². The largest absolute Gasteiger partial charge is 0.357 e. The molecule has 1 atom stereocenters. The van der Waals surface area contributed by atoms with E-state index in [4.69, 9.17) is 5.73 Å². The Balaban J connectivity index is 1.96. The van der Waals surface area contributed by atoms with Crippen molar-refractivity contribution >= 4 is 11.7 Å². The molecule has 104 valence electrons. The number of hydrogen-bond donors (Lipinski definition) is 2. The topological polar surface area (TPSA) is 71.2 Å². The molecule has 0 radical (unpaired) electrons. The highest BCUT2D eigenvalue weighted by Crippen LogP contribution is 2.18. The van der Waals surface area contributed by atoms with Crippen LogP contribution in [0.25, 0.3) is 0 Å². The minimum absolute atomic E-state index is 0.128. The van der Waals surface area contributed by atoms with Gasteiger partial charge in [-0.05, 0) is 43.9 Å². The predicted octanol–water partition coefficient (Wildman–Crippen LogP) is 1.04. The molecule has 1 aliphatic rings. The molecule has 0 unspecified atom stereocenters. The van der Waals surface area contributed by atoms with Crippen molar-refractivity contribution in [2.75, 3.05) is 18.0 Å². The first-order chi connectivity index (χ1) is 9.16. The van der Waals surface area contributed by atoms with Crippen LogP contribution in [0, 0.1) is 0 Å². The average Bonchev–Trinajstić information content (AvgIpc) is 2.46. The smallest absolute Gasteiger partial charge is 0.236 e. The Morgan fingerprint density at radius 1 is 1.47 bits per heavy atom. The van der Waals surface area contributed by atoms with Crippen LogP contribution in [0.5, 0.6) is 0 Å². The molecule has 1 aromatic rings. The second kappa shape index (κ2) is 6.52.